The highest BCUT2D eigenvalue weighted by Gasteiger charge is 2.19. The van der Waals surface area contributed by atoms with Gasteiger partial charge in [0.25, 0.3) is 0 Å². The van der Waals surface area contributed by atoms with E-state index in [1.165, 1.54) is 6.07 Å². The van der Waals surface area contributed by atoms with Crippen LogP contribution in [-0.4, -0.2) is 34.1 Å². The predicted molar refractivity (Wildman–Crippen MR) is 80.6 cm³/mol. The third-order valence-corrected chi connectivity index (χ3v) is 3.67. The zero-order chi connectivity index (χ0) is 14.8. The summed E-state index contributed by atoms with van der Waals surface area (Å²) in [7, 11) is 0. The van der Waals surface area contributed by atoms with Gasteiger partial charge in [0.2, 0.25) is 5.95 Å². The molecular formula is C16H17N3O2. The molecule has 21 heavy (non-hydrogen) atoms. The van der Waals surface area contributed by atoms with Crippen molar-refractivity contribution in [1.82, 2.24) is 9.97 Å². The second-order valence-electron chi connectivity index (χ2n) is 5.30. The second kappa shape index (κ2) is 5.52. The predicted octanol–water partition coefficient (Wildman–Crippen LogP) is 2.75. The minimum Gasteiger partial charge on any atom is -0.477 e. The molecule has 5 nitrogen and oxygen atoms in total. The molecule has 0 spiro atoms. The highest BCUT2D eigenvalue weighted by Crippen LogP contribution is 2.23. The first-order chi connectivity index (χ1) is 10.1. The molecule has 0 unspecified atom stereocenters. The van der Waals surface area contributed by atoms with Crippen LogP contribution in [-0.2, 0) is 0 Å². The number of carboxylic acids is 1. The Morgan fingerprint density at radius 2 is 1.81 bits per heavy atom. The molecule has 1 aromatic heterocycles. The second-order valence-corrected chi connectivity index (χ2v) is 5.30. The zero-order valence-corrected chi connectivity index (χ0v) is 11.9. The molecule has 0 aliphatic carbocycles. The fourth-order valence-electron chi connectivity index (χ4n) is 2.47. The summed E-state index contributed by atoms with van der Waals surface area (Å²) in [6.45, 7) is 3.79. The summed E-state index contributed by atoms with van der Waals surface area (Å²) in [6, 6.07) is 9.43. The molecule has 1 N–H and O–H groups in total. The van der Waals surface area contributed by atoms with Gasteiger partial charge in [0.15, 0.2) is 5.69 Å². The molecule has 5 heteroatoms. The van der Waals surface area contributed by atoms with E-state index in [-0.39, 0.29) is 5.69 Å². The summed E-state index contributed by atoms with van der Waals surface area (Å²) in [5.41, 5.74) is 2.77. The van der Waals surface area contributed by atoms with Gasteiger partial charge >= 0.3 is 5.97 Å². The summed E-state index contributed by atoms with van der Waals surface area (Å²) in [5, 5.41) is 9.26. The van der Waals surface area contributed by atoms with Crippen LogP contribution in [0.4, 0.5) is 5.95 Å². The minimum absolute atomic E-state index is 0.0440. The van der Waals surface area contributed by atoms with Gasteiger partial charge < -0.3 is 10.0 Å². The summed E-state index contributed by atoms with van der Waals surface area (Å²) >= 11 is 0. The molecule has 108 valence electrons. The molecule has 1 aliphatic rings. The average Bonchev–Trinajstić information content (AvgIpc) is 3.02. The van der Waals surface area contributed by atoms with Crippen LogP contribution in [0.1, 0.15) is 28.9 Å². The molecule has 2 heterocycles. The van der Waals surface area contributed by atoms with Crippen LogP contribution in [0.15, 0.2) is 30.3 Å². The normalized spacial score (nSPS) is 14.4. The Hall–Kier alpha value is -2.43. The first-order valence-corrected chi connectivity index (χ1v) is 7.08. The summed E-state index contributed by atoms with van der Waals surface area (Å²) in [4.78, 5) is 22.1. The smallest absolute Gasteiger partial charge is 0.354 e. The maximum Gasteiger partial charge on any atom is 0.354 e. The van der Waals surface area contributed by atoms with Crippen LogP contribution < -0.4 is 4.90 Å². The van der Waals surface area contributed by atoms with Crippen molar-refractivity contribution < 1.29 is 9.90 Å². The van der Waals surface area contributed by atoms with Crippen LogP contribution >= 0.6 is 0 Å². The van der Waals surface area contributed by atoms with Gasteiger partial charge in [-0.15, -0.1) is 0 Å². The lowest BCUT2D eigenvalue weighted by Crippen LogP contribution is -2.21. The van der Waals surface area contributed by atoms with E-state index in [1.807, 2.05) is 36.1 Å². The van der Waals surface area contributed by atoms with Crippen molar-refractivity contribution >= 4 is 11.9 Å². The number of aromatic nitrogens is 2. The molecule has 3 rings (SSSR count). The van der Waals surface area contributed by atoms with Crippen molar-refractivity contribution in [2.45, 2.75) is 19.8 Å². The topological polar surface area (TPSA) is 66.3 Å². The monoisotopic (exact) mass is 283 g/mol. The van der Waals surface area contributed by atoms with Crippen molar-refractivity contribution in [3.8, 4) is 11.3 Å². The Balaban J connectivity index is 2.06. The molecule has 0 amide bonds. The van der Waals surface area contributed by atoms with Crippen LogP contribution in [0, 0.1) is 6.92 Å². The van der Waals surface area contributed by atoms with E-state index in [1.54, 1.807) is 0 Å². The number of benzene rings is 1. The maximum absolute atomic E-state index is 11.3. The van der Waals surface area contributed by atoms with Crippen molar-refractivity contribution in [1.29, 1.82) is 0 Å². The van der Waals surface area contributed by atoms with Gasteiger partial charge in [-0.3, -0.25) is 0 Å². The molecule has 0 bridgehead atoms. The number of nitrogens with zero attached hydrogens (tertiary/aromatic N) is 3. The van der Waals surface area contributed by atoms with E-state index >= 15 is 0 Å². The van der Waals surface area contributed by atoms with Crippen LogP contribution in [0.3, 0.4) is 0 Å². The summed E-state index contributed by atoms with van der Waals surface area (Å²) in [5.74, 6) is -0.505. The van der Waals surface area contributed by atoms with Gasteiger partial charge in [-0.1, -0.05) is 29.8 Å². The Kier molecular flexibility index (Phi) is 3.56. The lowest BCUT2D eigenvalue weighted by atomic mass is 10.1. The Bertz CT molecular complexity index is 662. The first kappa shape index (κ1) is 13.5. The number of rotatable bonds is 3. The summed E-state index contributed by atoms with van der Waals surface area (Å²) < 4.78 is 0. The largest absolute Gasteiger partial charge is 0.477 e. The van der Waals surface area contributed by atoms with E-state index in [0.29, 0.717) is 11.6 Å². The molecule has 0 saturated carbocycles. The molecular weight excluding hydrogens is 266 g/mol. The third kappa shape index (κ3) is 2.86. The van der Waals surface area contributed by atoms with Crippen molar-refractivity contribution in [3.63, 3.8) is 0 Å². The Labute approximate surface area is 123 Å². The number of aryl methyl sites for hydroxylation is 1. The van der Waals surface area contributed by atoms with Gasteiger partial charge in [0.1, 0.15) is 0 Å². The minimum atomic E-state index is -1.02. The zero-order valence-electron chi connectivity index (χ0n) is 11.9. The molecule has 0 radical (unpaired) electrons. The van der Waals surface area contributed by atoms with Crippen molar-refractivity contribution in [2.24, 2.45) is 0 Å². The van der Waals surface area contributed by atoms with Gasteiger partial charge in [-0.25, -0.2) is 14.8 Å². The van der Waals surface area contributed by atoms with Gasteiger partial charge in [-0.2, -0.15) is 0 Å². The lowest BCUT2D eigenvalue weighted by Gasteiger charge is -2.16. The number of carbonyl (C=O) groups is 1. The van der Waals surface area contributed by atoms with Crippen LogP contribution in [0.5, 0.6) is 0 Å². The highest BCUT2D eigenvalue weighted by molar-refractivity contribution is 5.87. The van der Waals surface area contributed by atoms with E-state index in [2.05, 4.69) is 9.97 Å². The van der Waals surface area contributed by atoms with E-state index in [0.717, 1.165) is 37.1 Å². The molecule has 1 aliphatic heterocycles. The number of aromatic carboxylic acids is 1. The van der Waals surface area contributed by atoms with Crippen LogP contribution in [0.2, 0.25) is 0 Å². The van der Waals surface area contributed by atoms with Crippen molar-refractivity contribution in [2.75, 3.05) is 18.0 Å². The van der Waals surface area contributed by atoms with E-state index < -0.39 is 5.97 Å². The SMILES string of the molecule is Cc1ccc(-c2cc(C(=O)O)nc(N3CCCC3)n2)cc1. The molecule has 1 saturated heterocycles. The number of anilines is 1. The molecule has 1 fully saturated rings. The van der Waals surface area contributed by atoms with Gasteiger partial charge in [0, 0.05) is 18.7 Å². The molecule has 1 aromatic carbocycles. The Morgan fingerprint density at radius 1 is 1.14 bits per heavy atom. The lowest BCUT2D eigenvalue weighted by molar-refractivity contribution is 0.0690. The number of hydrogen-bond acceptors (Lipinski definition) is 4. The van der Waals surface area contributed by atoms with Gasteiger partial charge in [-0.05, 0) is 25.8 Å². The number of carboxylic acid groups (broad SMARTS) is 1. The Morgan fingerprint density at radius 3 is 2.43 bits per heavy atom. The fourth-order valence-corrected chi connectivity index (χ4v) is 2.47. The first-order valence-electron chi connectivity index (χ1n) is 7.08. The quantitative estimate of drug-likeness (QED) is 0.938. The van der Waals surface area contributed by atoms with E-state index in [9.17, 15) is 9.90 Å². The number of hydrogen-bond donors (Lipinski definition) is 1. The van der Waals surface area contributed by atoms with Gasteiger partial charge in [0.05, 0.1) is 5.69 Å². The highest BCUT2D eigenvalue weighted by atomic mass is 16.4. The standard InChI is InChI=1S/C16H17N3O2/c1-11-4-6-12(7-5-11)13-10-14(15(20)21)18-16(17-13)19-8-2-3-9-19/h4-7,10H,2-3,8-9H2,1H3,(H,20,21). The third-order valence-electron chi connectivity index (χ3n) is 3.67. The van der Waals surface area contributed by atoms with Crippen LogP contribution in [0.25, 0.3) is 11.3 Å². The van der Waals surface area contributed by atoms with Crippen molar-refractivity contribution in [3.05, 3.63) is 41.6 Å². The fraction of sp³-hybridized carbons (Fsp3) is 0.312. The summed E-state index contributed by atoms with van der Waals surface area (Å²) in [6.07, 6.45) is 2.20. The molecule has 0 atom stereocenters. The maximum atomic E-state index is 11.3. The average molecular weight is 283 g/mol. The van der Waals surface area contributed by atoms with E-state index in [4.69, 9.17) is 0 Å². The molecule has 2 aromatic rings.